The summed E-state index contributed by atoms with van der Waals surface area (Å²) >= 11 is 1.24. The van der Waals surface area contributed by atoms with Crippen LogP contribution in [0.15, 0.2) is 27.9 Å². The molecule has 0 unspecified atom stereocenters. The lowest BCUT2D eigenvalue weighted by atomic mass is 10.2. The standard InChI is InChI=1S/C11H13N3O2S2/c1-14-10(4-5-12-14)8-6-11(17-7-8)18(15,16)13-9-2-3-9/h4-7,9,13H,2-3H2,1H3. The fourth-order valence-electron chi connectivity index (χ4n) is 1.73. The molecular weight excluding hydrogens is 270 g/mol. The highest BCUT2D eigenvalue weighted by Crippen LogP contribution is 2.29. The summed E-state index contributed by atoms with van der Waals surface area (Å²) in [5.74, 6) is 0. The van der Waals surface area contributed by atoms with Crippen molar-refractivity contribution in [2.45, 2.75) is 23.1 Å². The normalized spacial score (nSPS) is 16.1. The van der Waals surface area contributed by atoms with Gasteiger partial charge in [-0.3, -0.25) is 4.68 Å². The molecule has 1 aliphatic carbocycles. The summed E-state index contributed by atoms with van der Waals surface area (Å²) in [5, 5.41) is 5.92. The molecule has 0 saturated heterocycles. The molecule has 5 nitrogen and oxygen atoms in total. The molecule has 96 valence electrons. The van der Waals surface area contributed by atoms with Gasteiger partial charge in [0.1, 0.15) is 4.21 Å². The number of aromatic nitrogens is 2. The van der Waals surface area contributed by atoms with Crippen molar-refractivity contribution in [2.24, 2.45) is 7.05 Å². The number of hydrogen-bond donors (Lipinski definition) is 1. The van der Waals surface area contributed by atoms with E-state index < -0.39 is 10.0 Å². The van der Waals surface area contributed by atoms with Crippen LogP contribution < -0.4 is 4.72 Å². The third-order valence-corrected chi connectivity index (χ3v) is 5.82. The maximum Gasteiger partial charge on any atom is 0.250 e. The highest BCUT2D eigenvalue weighted by Gasteiger charge is 2.29. The van der Waals surface area contributed by atoms with Gasteiger partial charge in [0.05, 0.1) is 5.69 Å². The van der Waals surface area contributed by atoms with Gasteiger partial charge in [-0.15, -0.1) is 11.3 Å². The van der Waals surface area contributed by atoms with E-state index in [1.54, 1.807) is 16.9 Å². The summed E-state index contributed by atoms with van der Waals surface area (Å²) in [6.07, 6.45) is 3.59. The topological polar surface area (TPSA) is 64.0 Å². The molecule has 0 radical (unpaired) electrons. The van der Waals surface area contributed by atoms with Gasteiger partial charge in [0, 0.05) is 30.2 Å². The van der Waals surface area contributed by atoms with E-state index in [-0.39, 0.29) is 6.04 Å². The second kappa shape index (κ2) is 4.18. The molecule has 7 heteroatoms. The third-order valence-electron chi connectivity index (χ3n) is 2.86. The Hall–Kier alpha value is -1.18. The molecule has 2 aromatic rings. The number of thiophene rings is 1. The van der Waals surface area contributed by atoms with Gasteiger partial charge in [0.15, 0.2) is 0 Å². The Morgan fingerprint density at radius 1 is 1.50 bits per heavy atom. The first kappa shape index (κ1) is 11.9. The zero-order valence-electron chi connectivity index (χ0n) is 9.83. The van der Waals surface area contributed by atoms with Gasteiger partial charge in [-0.25, -0.2) is 13.1 Å². The molecule has 0 aromatic carbocycles. The van der Waals surface area contributed by atoms with E-state index in [4.69, 9.17) is 0 Å². The summed E-state index contributed by atoms with van der Waals surface area (Å²) in [5.41, 5.74) is 1.80. The number of rotatable bonds is 4. The van der Waals surface area contributed by atoms with Crippen LogP contribution in [0.5, 0.6) is 0 Å². The van der Waals surface area contributed by atoms with Crippen molar-refractivity contribution in [3.63, 3.8) is 0 Å². The van der Waals surface area contributed by atoms with Crippen LogP contribution in [-0.2, 0) is 17.1 Å². The lowest BCUT2D eigenvalue weighted by Crippen LogP contribution is -2.24. The first-order chi connectivity index (χ1) is 8.56. The molecule has 1 saturated carbocycles. The largest absolute Gasteiger partial charge is 0.268 e. The smallest absolute Gasteiger partial charge is 0.250 e. The first-order valence-corrected chi connectivity index (χ1v) is 8.02. The van der Waals surface area contributed by atoms with Gasteiger partial charge < -0.3 is 0 Å². The number of sulfonamides is 1. The average Bonchev–Trinajstić information content (AvgIpc) is 2.80. The molecule has 1 N–H and O–H groups in total. The van der Waals surface area contributed by atoms with Gasteiger partial charge in [-0.05, 0) is 25.0 Å². The maximum absolute atomic E-state index is 12.0. The molecule has 18 heavy (non-hydrogen) atoms. The highest BCUT2D eigenvalue weighted by atomic mass is 32.2. The Kier molecular flexibility index (Phi) is 2.76. The van der Waals surface area contributed by atoms with Crippen LogP contribution in [-0.4, -0.2) is 24.2 Å². The summed E-state index contributed by atoms with van der Waals surface area (Å²) < 4.78 is 28.8. The van der Waals surface area contributed by atoms with Crippen molar-refractivity contribution in [1.29, 1.82) is 0 Å². The molecule has 0 amide bonds. The Bertz CT molecular complexity index is 668. The molecule has 1 fully saturated rings. The molecule has 2 heterocycles. The van der Waals surface area contributed by atoms with Gasteiger partial charge in [-0.2, -0.15) is 5.10 Å². The summed E-state index contributed by atoms with van der Waals surface area (Å²) in [6, 6.07) is 3.70. The zero-order valence-corrected chi connectivity index (χ0v) is 11.5. The molecule has 3 rings (SSSR count). The van der Waals surface area contributed by atoms with Crippen LogP contribution in [0.4, 0.5) is 0 Å². The van der Waals surface area contributed by atoms with Crippen LogP contribution in [0, 0.1) is 0 Å². The number of nitrogens with zero attached hydrogens (tertiary/aromatic N) is 2. The third kappa shape index (κ3) is 2.21. The maximum atomic E-state index is 12.0. The Balaban J connectivity index is 1.91. The lowest BCUT2D eigenvalue weighted by molar-refractivity contribution is 0.583. The number of nitrogens with one attached hydrogen (secondary N) is 1. The monoisotopic (exact) mass is 283 g/mol. The van der Waals surface area contributed by atoms with Crippen LogP contribution in [0.3, 0.4) is 0 Å². The second-order valence-electron chi connectivity index (χ2n) is 4.39. The van der Waals surface area contributed by atoms with E-state index in [9.17, 15) is 8.42 Å². The van der Waals surface area contributed by atoms with Gasteiger partial charge >= 0.3 is 0 Å². The summed E-state index contributed by atoms with van der Waals surface area (Å²) in [4.78, 5) is 0. The van der Waals surface area contributed by atoms with E-state index in [0.717, 1.165) is 24.1 Å². The van der Waals surface area contributed by atoms with Gasteiger partial charge in [0.25, 0.3) is 0 Å². The van der Waals surface area contributed by atoms with Crippen LogP contribution in [0.25, 0.3) is 11.3 Å². The SMILES string of the molecule is Cn1nccc1-c1csc(S(=O)(=O)NC2CC2)c1. The van der Waals surface area contributed by atoms with E-state index in [2.05, 4.69) is 9.82 Å². The molecule has 2 aromatic heterocycles. The van der Waals surface area contributed by atoms with E-state index in [0.29, 0.717) is 4.21 Å². The van der Waals surface area contributed by atoms with Crippen molar-refractivity contribution in [3.05, 3.63) is 23.7 Å². The first-order valence-electron chi connectivity index (χ1n) is 5.65. The van der Waals surface area contributed by atoms with Crippen LogP contribution in [0.1, 0.15) is 12.8 Å². The van der Waals surface area contributed by atoms with Crippen molar-refractivity contribution < 1.29 is 8.42 Å². The van der Waals surface area contributed by atoms with Gasteiger partial charge in [0.2, 0.25) is 10.0 Å². The fourth-order valence-corrected chi connectivity index (χ4v) is 4.22. The van der Waals surface area contributed by atoms with E-state index in [1.165, 1.54) is 11.3 Å². The quantitative estimate of drug-likeness (QED) is 0.926. The van der Waals surface area contributed by atoms with E-state index >= 15 is 0 Å². The minimum Gasteiger partial charge on any atom is -0.268 e. The van der Waals surface area contributed by atoms with Gasteiger partial charge in [-0.1, -0.05) is 0 Å². The predicted octanol–water partition coefficient (Wildman–Crippen LogP) is 1.59. The summed E-state index contributed by atoms with van der Waals surface area (Å²) in [6.45, 7) is 0. The van der Waals surface area contributed by atoms with Crippen molar-refractivity contribution in [1.82, 2.24) is 14.5 Å². The Morgan fingerprint density at radius 2 is 2.28 bits per heavy atom. The molecular formula is C11H13N3O2S2. The molecule has 0 aliphatic heterocycles. The van der Waals surface area contributed by atoms with Crippen molar-refractivity contribution in [2.75, 3.05) is 0 Å². The molecule has 0 atom stereocenters. The minimum absolute atomic E-state index is 0.136. The van der Waals surface area contributed by atoms with Crippen molar-refractivity contribution >= 4 is 21.4 Å². The molecule has 0 spiro atoms. The Morgan fingerprint density at radius 3 is 2.89 bits per heavy atom. The zero-order chi connectivity index (χ0) is 12.8. The highest BCUT2D eigenvalue weighted by molar-refractivity contribution is 7.91. The fraction of sp³-hybridized carbons (Fsp3) is 0.364. The average molecular weight is 283 g/mol. The minimum atomic E-state index is -3.34. The van der Waals surface area contributed by atoms with E-state index in [1.807, 2.05) is 18.5 Å². The lowest BCUT2D eigenvalue weighted by Gasteiger charge is -2.01. The molecule has 0 bridgehead atoms. The predicted molar refractivity (Wildman–Crippen MR) is 69.9 cm³/mol. The number of hydrogen-bond acceptors (Lipinski definition) is 4. The van der Waals surface area contributed by atoms with Crippen molar-refractivity contribution in [3.8, 4) is 11.3 Å². The van der Waals surface area contributed by atoms with Crippen LogP contribution >= 0.6 is 11.3 Å². The summed E-state index contributed by atoms with van der Waals surface area (Å²) in [7, 11) is -1.50. The van der Waals surface area contributed by atoms with Crippen LogP contribution in [0.2, 0.25) is 0 Å². The second-order valence-corrected chi connectivity index (χ2v) is 7.24. The molecule has 1 aliphatic rings. The number of aryl methyl sites for hydroxylation is 1. The Labute approximate surface area is 110 Å².